The molecule has 150 valence electrons. The average molecular weight is 384 g/mol. The summed E-state index contributed by atoms with van der Waals surface area (Å²) in [7, 11) is 0. The van der Waals surface area contributed by atoms with E-state index in [1.807, 2.05) is 12.1 Å². The first-order valence-electron chi connectivity index (χ1n) is 10.5. The van der Waals surface area contributed by atoms with E-state index in [4.69, 9.17) is 4.74 Å². The summed E-state index contributed by atoms with van der Waals surface area (Å²) in [5.74, 6) is 0.520. The summed E-state index contributed by atoms with van der Waals surface area (Å²) in [5.41, 5.74) is 1.47. The first-order valence-corrected chi connectivity index (χ1v) is 10.5. The van der Waals surface area contributed by atoms with E-state index in [1.165, 1.54) is 44.9 Å². The van der Waals surface area contributed by atoms with Crippen LogP contribution in [0.4, 0.5) is 0 Å². The van der Waals surface area contributed by atoms with Crippen molar-refractivity contribution in [2.75, 3.05) is 6.61 Å². The summed E-state index contributed by atoms with van der Waals surface area (Å²) < 4.78 is 6.18. The molecule has 2 heterocycles. The third-order valence-electron chi connectivity index (χ3n) is 6.24. The number of piperidine rings is 1. The molecule has 2 aliphatic heterocycles. The lowest BCUT2D eigenvalue weighted by atomic mass is 9.92. The van der Waals surface area contributed by atoms with Crippen LogP contribution in [-0.4, -0.2) is 35.3 Å². The highest BCUT2D eigenvalue weighted by atomic mass is 16.5. The van der Waals surface area contributed by atoms with Crippen molar-refractivity contribution in [2.45, 2.75) is 70.4 Å². The Morgan fingerprint density at radius 3 is 2.50 bits per heavy atom. The van der Waals surface area contributed by atoms with Crippen LogP contribution >= 0.6 is 0 Å². The molecule has 0 radical (unpaired) electrons. The zero-order valence-corrected chi connectivity index (χ0v) is 16.2. The number of hydrogen-bond donors (Lipinski definition) is 1. The molecule has 1 unspecified atom stereocenters. The van der Waals surface area contributed by atoms with Crippen molar-refractivity contribution in [1.29, 1.82) is 0 Å². The zero-order valence-electron chi connectivity index (χ0n) is 16.2. The maximum atomic E-state index is 12.9. The number of rotatable bonds is 4. The summed E-state index contributed by atoms with van der Waals surface area (Å²) in [4.78, 5) is 38.1. The number of carbonyl (C=O) groups is 3. The molecular weight excluding hydrogens is 356 g/mol. The molecule has 6 nitrogen and oxygen atoms in total. The van der Waals surface area contributed by atoms with Gasteiger partial charge in [-0.05, 0) is 37.3 Å². The van der Waals surface area contributed by atoms with E-state index in [1.54, 1.807) is 11.0 Å². The van der Waals surface area contributed by atoms with Crippen molar-refractivity contribution in [3.05, 3.63) is 29.3 Å². The second-order valence-electron chi connectivity index (χ2n) is 8.20. The number of nitrogens with zero attached hydrogens (tertiary/aromatic N) is 1. The van der Waals surface area contributed by atoms with Crippen LogP contribution in [-0.2, 0) is 16.1 Å². The van der Waals surface area contributed by atoms with E-state index in [-0.39, 0.29) is 24.1 Å². The summed E-state index contributed by atoms with van der Waals surface area (Å²) in [6.45, 7) is 1.05. The highest BCUT2D eigenvalue weighted by Crippen LogP contribution is 2.34. The zero-order chi connectivity index (χ0) is 19.5. The number of imide groups is 1. The van der Waals surface area contributed by atoms with E-state index in [0.717, 1.165) is 11.3 Å². The summed E-state index contributed by atoms with van der Waals surface area (Å²) in [6, 6.07) is 4.98. The van der Waals surface area contributed by atoms with Crippen molar-refractivity contribution < 1.29 is 19.1 Å². The van der Waals surface area contributed by atoms with Gasteiger partial charge in [0.2, 0.25) is 11.8 Å². The van der Waals surface area contributed by atoms with E-state index >= 15 is 0 Å². The highest BCUT2D eigenvalue weighted by Gasteiger charge is 2.40. The van der Waals surface area contributed by atoms with Crippen LogP contribution < -0.4 is 10.1 Å². The number of benzene rings is 1. The standard InChI is InChI=1S/C22H28N2O4/c25-20-12-11-18(21(26)23-20)24-13-17-16(22(24)27)9-6-10-19(17)28-14-15-7-4-2-1-3-5-8-15/h6,9-10,15,18H,1-5,7-8,11-14H2,(H,23,25,26). The lowest BCUT2D eigenvalue weighted by Gasteiger charge is -2.29. The van der Waals surface area contributed by atoms with Gasteiger partial charge in [-0.2, -0.15) is 0 Å². The molecule has 0 spiro atoms. The van der Waals surface area contributed by atoms with Gasteiger partial charge in [0, 0.05) is 17.5 Å². The van der Waals surface area contributed by atoms with Crippen LogP contribution in [0, 0.1) is 5.92 Å². The summed E-state index contributed by atoms with van der Waals surface area (Å²) in [6.07, 6.45) is 9.56. The van der Waals surface area contributed by atoms with Gasteiger partial charge in [-0.25, -0.2) is 0 Å². The second-order valence-corrected chi connectivity index (χ2v) is 8.20. The maximum absolute atomic E-state index is 12.9. The van der Waals surface area contributed by atoms with Crippen LogP contribution in [0.2, 0.25) is 0 Å². The van der Waals surface area contributed by atoms with E-state index < -0.39 is 6.04 Å². The Balaban J connectivity index is 1.45. The van der Waals surface area contributed by atoms with Crippen molar-refractivity contribution in [3.8, 4) is 5.75 Å². The number of fused-ring (bicyclic) bond motifs is 1. The van der Waals surface area contributed by atoms with Crippen LogP contribution in [0.3, 0.4) is 0 Å². The van der Waals surface area contributed by atoms with Crippen molar-refractivity contribution in [3.63, 3.8) is 0 Å². The number of nitrogens with one attached hydrogen (secondary N) is 1. The van der Waals surface area contributed by atoms with E-state index in [9.17, 15) is 14.4 Å². The maximum Gasteiger partial charge on any atom is 0.255 e. The number of ether oxygens (including phenoxy) is 1. The second kappa shape index (κ2) is 8.33. The minimum absolute atomic E-state index is 0.152. The molecule has 1 aliphatic carbocycles. The predicted molar refractivity (Wildman–Crippen MR) is 104 cm³/mol. The molecule has 0 aromatic heterocycles. The largest absolute Gasteiger partial charge is 0.493 e. The third kappa shape index (κ3) is 3.91. The Hall–Kier alpha value is -2.37. The Bertz CT molecular complexity index is 768. The van der Waals surface area contributed by atoms with Gasteiger partial charge < -0.3 is 9.64 Å². The fourth-order valence-electron chi connectivity index (χ4n) is 4.61. The molecule has 1 aromatic carbocycles. The molecule has 1 atom stereocenters. The molecule has 3 aliphatic rings. The third-order valence-corrected chi connectivity index (χ3v) is 6.24. The topological polar surface area (TPSA) is 75.7 Å². The quantitative estimate of drug-likeness (QED) is 0.809. The molecule has 1 N–H and O–H groups in total. The first-order chi connectivity index (χ1) is 13.6. The molecule has 1 saturated heterocycles. The highest BCUT2D eigenvalue weighted by molar-refractivity contribution is 6.05. The molecule has 28 heavy (non-hydrogen) atoms. The molecule has 1 saturated carbocycles. The van der Waals surface area contributed by atoms with E-state index in [0.29, 0.717) is 31.1 Å². The van der Waals surface area contributed by atoms with Gasteiger partial charge in [-0.15, -0.1) is 0 Å². The number of hydrogen-bond acceptors (Lipinski definition) is 4. The van der Waals surface area contributed by atoms with E-state index in [2.05, 4.69) is 5.32 Å². The molecule has 2 fully saturated rings. The Morgan fingerprint density at radius 2 is 1.75 bits per heavy atom. The van der Waals surface area contributed by atoms with Crippen LogP contribution in [0.25, 0.3) is 0 Å². The Labute approximate surface area is 165 Å². The first kappa shape index (κ1) is 19.0. The minimum Gasteiger partial charge on any atom is -0.493 e. The minimum atomic E-state index is -0.587. The number of carbonyl (C=O) groups excluding carboxylic acids is 3. The van der Waals surface area contributed by atoms with Gasteiger partial charge in [-0.3, -0.25) is 19.7 Å². The molecule has 6 heteroatoms. The van der Waals surface area contributed by atoms with Gasteiger partial charge in [0.1, 0.15) is 11.8 Å². The van der Waals surface area contributed by atoms with Gasteiger partial charge in [0.05, 0.1) is 13.2 Å². The fourth-order valence-corrected chi connectivity index (χ4v) is 4.61. The van der Waals surface area contributed by atoms with Gasteiger partial charge in [-0.1, -0.05) is 38.2 Å². The van der Waals surface area contributed by atoms with Gasteiger partial charge in [0.25, 0.3) is 5.91 Å². The number of amides is 3. The van der Waals surface area contributed by atoms with Crippen LogP contribution in [0.15, 0.2) is 18.2 Å². The Kier molecular flexibility index (Phi) is 5.64. The fraction of sp³-hybridized carbons (Fsp3) is 0.591. The molecule has 3 amide bonds. The summed E-state index contributed by atoms with van der Waals surface area (Å²) >= 11 is 0. The molecule has 4 rings (SSSR count). The monoisotopic (exact) mass is 384 g/mol. The molecule has 1 aromatic rings. The lowest BCUT2D eigenvalue weighted by Crippen LogP contribution is -2.52. The Morgan fingerprint density at radius 1 is 1.00 bits per heavy atom. The van der Waals surface area contributed by atoms with Gasteiger partial charge in [0.15, 0.2) is 0 Å². The smallest absolute Gasteiger partial charge is 0.255 e. The molecular formula is C22H28N2O4. The summed E-state index contributed by atoms with van der Waals surface area (Å²) in [5, 5.41) is 2.34. The van der Waals surface area contributed by atoms with Crippen molar-refractivity contribution in [2.24, 2.45) is 5.92 Å². The van der Waals surface area contributed by atoms with Crippen LogP contribution in [0.5, 0.6) is 5.75 Å². The lowest BCUT2D eigenvalue weighted by molar-refractivity contribution is -0.136. The average Bonchev–Trinajstić information content (AvgIpc) is 2.98. The molecule has 0 bridgehead atoms. The SMILES string of the molecule is O=C1CCC(N2Cc3c(OCC4CCCCCCC4)cccc3C2=O)C(=O)N1. The van der Waals surface area contributed by atoms with Crippen LogP contribution in [0.1, 0.15) is 73.7 Å². The van der Waals surface area contributed by atoms with Crippen molar-refractivity contribution in [1.82, 2.24) is 10.2 Å². The van der Waals surface area contributed by atoms with Gasteiger partial charge >= 0.3 is 0 Å². The van der Waals surface area contributed by atoms with Crippen molar-refractivity contribution >= 4 is 17.7 Å². The predicted octanol–water partition coefficient (Wildman–Crippen LogP) is 3.19. The normalized spacial score (nSPS) is 23.8.